The van der Waals surface area contributed by atoms with Crippen molar-refractivity contribution >= 4 is 11.6 Å². The molecule has 3 saturated carbocycles. The standard InChI is InChI=1S/C22H30O5/c1-12-9-17-16-6-5-14-10-15(24)7-8-19(14,3)22(16,27)18(25)11-20(17,4)21(12,26)13(2)23/h7-8,10,12,16-18,25-27H,5-6,9,11H2,1-4H3/t12?,16-,17-,18?,19-,20-,21-,22-/m0/s1. The fourth-order valence-electron chi connectivity index (χ4n) is 7.34. The molecule has 5 heteroatoms. The summed E-state index contributed by atoms with van der Waals surface area (Å²) < 4.78 is 0. The summed E-state index contributed by atoms with van der Waals surface area (Å²) in [6.07, 6.45) is 5.85. The Morgan fingerprint density at radius 1 is 1.22 bits per heavy atom. The van der Waals surface area contributed by atoms with Gasteiger partial charge in [-0.1, -0.05) is 25.5 Å². The molecule has 8 atom stereocenters. The van der Waals surface area contributed by atoms with Crippen molar-refractivity contribution in [2.45, 2.75) is 70.7 Å². The summed E-state index contributed by atoms with van der Waals surface area (Å²) >= 11 is 0. The number of aliphatic hydroxyl groups excluding tert-OH is 1. The average molecular weight is 374 g/mol. The van der Waals surface area contributed by atoms with Crippen molar-refractivity contribution in [3.63, 3.8) is 0 Å². The maximum Gasteiger partial charge on any atom is 0.178 e. The fraction of sp³-hybridized carbons (Fsp3) is 0.727. The lowest BCUT2D eigenvalue weighted by Crippen LogP contribution is -2.71. The Hall–Kier alpha value is -1.30. The van der Waals surface area contributed by atoms with Gasteiger partial charge in [0.15, 0.2) is 11.6 Å². The van der Waals surface area contributed by atoms with Crippen LogP contribution in [0.15, 0.2) is 23.8 Å². The van der Waals surface area contributed by atoms with Crippen LogP contribution in [0.5, 0.6) is 0 Å². The van der Waals surface area contributed by atoms with Crippen molar-refractivity contribution < 1.29 is 24.9 Å². The van der Waals surface area contributed by atoms with Crippen molar-refractivity contribution in [3.05, 3.63) is 23.8 Å². The Balaban J connectivity index is 1.85. The topological polar surface area (TPSA) is 94.8 Å². The molecule has 2 unspecified atom stereocenters. The van der Waals surface area contributed by atoms with Crippen LogP contribution in [0.25, 0.3) is 0 Å². The average Bonchev–Trinajstić information content (AvgIpc) is 2.79. The van der Waals surface area contributed by atoms with Gasteiger partial charge in [0.05, 0.1) is 6.10 Å². The molecule has 0 aliphatic heterocycles. The zero-order chi connectivity index (χ0) is 20.0. The molecule has 0 aromatic heterocycles. The zero-order valence-corrected chi connectivity index (χ0v) is 16.5. The second-order valence-electron chi connectivity index (χ2n) is 9.78. The summed E-state index contributed by atoms with van der Waals surface area (Å²) in [5, 5.41) is 34.6. The summed E-state index contributed by atoms with van der Waals surface area (Å²) in [6, 6.07) is 0. The molecular formula is C22H30O5. The van der Waals surface area contributed by atoms with Crippen LogP contribution >= 0.6 is 0 Å². The van der Waals surface area contributed by atoms with Gasteiger partial charge in [-0.05, 0) is 69.4 Å². The van der Waals surface area contributed by atoms with Crippen LogP contribution in [0.3, 0.4) is 0 Å². The third-order valence-electron chi connectivity index (χ3n) is 8.84. The fourth-order valence-corrected chi connectivity index (χ4v) is 7.34. The normalized spacial score (nSPS) is 54.0. The van der Waals surface area contributed by atoms with Crippen molar-refractivity contribution in [2.24, 2.45) is 28.6 Å². The first-order chi connectivity index (χ1) is 12.4. The van der Waals surface area contributed by atoms with Gasteiger partial charge in [0.1, 0.15) is 11.2 Å². The number of Topliss-reactive ketones (excluding diaryl/α,β-unsaturated/α-hetero) is 1. The highest BCUT2D eigenvalue weighted by molar-refractivity contribution is 6.01. The highest BCUT2D eigenvalue weighted by Gasteiger charge is 2.74. The summed E-state index contributed by atoms with van der Waals surface area (Å²) in [5.41, 5.74) is -3.63. The van der Waals surface area contributed by atoms with E-state index in [4.69, 9.17) is 0 Å². The Kier molecular flexibility index (Phi) is 3.81. The van der Waals surface area contributed by atoms with E-state index in [1.54, 1.807) is 12.2 Å². The third-order valence-corrected chi connectivity index (χ3v) is 8.84. The maximum absolute atomic E-state index is 12.5. The van der Waals surface area contributed by atoms with E-state index < -0.39 is 28.1 Å². The number of hydrogen-bond acceptors (Lipinski definition) is 5. The number of aliphatic hydroxyl groups is 3. The predicted octanol–water partition coefficient (Wildman–Crippen LogP) is 1.95. The SMILES string of the molecule is CC(=O)[C@@]1(O)C(C)C[C@H]2[C@@H]3CCC4=CC(=O)C=C[C@]4(C)[C@@]3(O)C(O)C[C@@]21C. The van der Waals surface area contributed by atoms with Crippen LogP contribution in [0.2, 0.25) is 0 Å². The second-order valence-corrected chi connectivity index (χ2v) is 9.78. The van der Waals surface area contributed by atoms with Crippen molar-refractivity contribution in [3.8, 4) is 0 Å². The first-order valence-corrected chi connectivity index (χ1v) is 10.0. The smallest absolute Gasteiger partial charge is 0.178 e. The van der Waals surface area contributed by atoms with Crippen molar-refractivity contribution in [1.82, 2.24) is 0 Å². The Morgan fingerprint density at radius 3 is 2.52 bits per heavy atom. The maximum atomic E-state index is 12.5. The van der Waals surface area contributed by atoms with Crippen LogP contribution in [0.4, 0.5) is 0 Å². The lowest BCUT2D eigenvalue weighted by atomic mass is 9.44. The molecule has 5 nitrogen and oxygen atoms in total. The zero-order valence-electron chi connectivity index (χ0n) is 16.5. The van der Waals surface area contributed by atoms with E-state index in [0.717, 1.165) is 5.57 Å². The Morgan fingerprint density at radius 2 is 1.89 bits per heavy atom. The third kappa shape index (κ3) is 1.95. The Labute approximate surface area is 160 Å². The van der Waals surface area contributed by atoms with Crippen molar-refractivity contribution in [2.75, 3.05) is 0 Å². The predicted molar refractivity (Wildman–Crippen MR) is 99.6 cm³/mol. The van der Waals surface area contributed by atoms with E-state index in [1.165, 1.54) is 13.0 Å². The second kappa shape index (κ2) is 5.40. The molecule has 148 valence electrons. The van der Waals surface area contributed by atoms with Gasteiger partial charge >= 0.3 is 0 Å². The number of carbonyl (C=O) groups is 2. The molecule has 0 bridgehead atoms. The molecule has 4 aliphatic rings. The molecule has 0 aromatic carbocycles. The highest BCUT2D eigenvalue weighted by atomic mass is 16.3. The lowest BCUT2D eigenvalue weighted by molar-refractivity contribution is -0.248. The van der Waals surface area contributed by atoms with Crippen molar-refractivity contribution in [1.29, 1.82) is 0 Å². The van der Waals surface area contributed by atoms with E-state index in [1.807, 2.05) is 20.8 Å². The summed E-state index contributed by atoms with van der Waals surface area (Å²) in [5.74, 6) is -0.891. The Bertz CT molecular complexity index is 784. The van der Waals surface area contributed by atoms with Gasteiger partial charge in [0, 0.05) is 10.8 Å². The molecule has 0 amide bonds. The summed E-state index contributed by atoms with van der Waals surface area (Å²) in [6.45, 7) is 7.12. The van der Waals surface area contributed by atoms with Gasteiger partial charge in [0.2, 0.25) is 0 Å². The minimum absolute atomic E-state index is 0.0702. The van der Waals surface area contributed by atoms with Crippen LogP contribution in [-0.4, -0.2) is 44.2 Å². The van der Waals surface area contributed by atoms with E-state index in [2.05, 4.69) is 0 Å². The summed E-state index contributed by atoms with van der Waals surface area (Å²) in [7, 11) is 0. The molecule has 27 heavy (non-hydrogen) atoms. The number of ketones is 2. The molecule has 4 aliphatic carbocycles. The number of carbonyl (C=O) groups excluding carboxylic acids is 2. The van der Waals surface area contributed by atoms with Crippen LogP contribution in [0, 0.1) is 28.6 Å². The minimum atomic E-state index is -1.49. The molecule has 3 fully saturated rings. The number of allylic oxidation sites excluding steroid dienone is 2. The monoisotopic (exact) mass is 374 g/mol. The molecule has 0 spiro atoms. The molecular weight excluding hydrogens is 344 g/mol. The van der Waals surface area contributed by atoms with Gasteiger partial charge < -0.3 is 15.3 Å². The molecule has 0 saturated heterocycles. The van der Waals surface area contributed by atoms with Crippen LogP contribution < -0.4 is 0 Å². The molecule has 3 N–H and O–H groups in total. The molecule has 0 aromatic rings. The van der Waals surface area contributed by atoms with Crippen LogP contribution in [-0.2, 0) is 9.59 Å². The summed E-state index contributed by atoms with van der Waals surface area (Å²) in [4.78, 5) is 24.3. The molecule has 4 rings (SSSR count). The lowest BCUT2D eigenvalue weighted by Gasteiger charge is -2.64. The van der Waals surface area contributed by atoms with E-state index in [9.17, 15) is 24.9 Å². The minimum Gasteiger partial charge on any atom is -0.390 e. The molecule has 0 heterocycles. The first-order valence-electron chi connectivity index (χ1n) is 10.0. The quantitative estimate of drug-likeness (QED) is 0.652. The van der Waals surface area contributed by atoms with Gasteiger partial charge in [-0.15, -0.1) is 0 Å². The number of hydrogen-bond donors (Lipinski definition) is 3. The highest BCUT2D eigenvalue weighted by Crippen LogP contribution is 2.69. The number of fused-ring (bicyclic) bond motifs is 5. The van der Waals surface area contributed by atoms with E-state index >= 15 is 0 Å². The van der Waals surface area contributed by atoms with Gasteiger partial charge in [0.25, 0.3) is 0 Å². The first kappa shape index (κ1) is 19.0. The molecule has 0 radical (unpaired) electrons. The van der Waals surface area contributed by atoms with E-state index in [-0.39, 0.29) is 35.7 Å². The van der Waals surface area contributed by atoms with Gasteiger partial charge in [-0.3, -0.25) is 9.59 Å². The van der Waals surface area contributed by atoms with Gasteiger partial charge in [-0.2, -0.15) is 0 Å². The number of rotatable bonds is 1. The largest absolute Gasteiger partial charge is 0.390 e. The van der Waals surface area contributed by atoms with Crippen LogP contribution in [0.1, 0.15) is 53.4 Å². The van der Waals surface area contributed by atoms with E-state index in [0.29, 0.717) is 19.3 Å². The van der Waals surface area contributed by atoms with Gasteiger partial charge in [-0.25, -0.2) is 0 Å².